The maximum atomic E-state index is 10.3. The summed E-state index contributed by atoms with van der Waals surface area (Å²) in [6.45, 7) is 0. The Bertz CT molecular complexity index is 277. The van der Waals surface area contributed by atoms with E-state index in [1.54, 1.807) is 0 Å². The molecule has 15 heavy (non-hydrogen) atoms. The van der Waals surface area contributed by atoms with Crippen molar-refractivity contribution in [2.75, 3.05) is 0 Å². The molecule has 0 saturated carbocycles. The Balaban J connectivity index is -0.000000120. The zero-order valence-corrected chi connectivity index (χ0v) is 14.4. The second-order valence-electron chi connectivity index (χ2n) is 1.81. The minimum absolute atomic E-state index is 0. The van der Waals surface area contributed by atoms with Gasteiger partial charge in [0, 0.05) is 0 Å². The van der Waals surface area contributed by atoms with Crippen LogP contribution in [0.15, 0.2) is 0 Å². The molecule has 84 valence electrons. The predicted molar refractivity (Wildman–Crippen MR) is 40.2 cm³/mol. The molecule has 0 radical (unpaired) electrons. The molecular formula is H8NNa2O9P3. The van der Waals surface area contributed by atoms with E-state index < -0.39 is 27.5 Å². The minimum Gasteiger partial charge on any atom is -1.00 e. The molecule has 15 heteroatoms. The first-order chi connectivity index (χ1) is 5.37. The number of hydrogen-bond donors (Lipinski definition) is 6. The summed E-state index contributed by atoms with van der Waals surface area (Å²) in [5.41, 5.74) is 0. The van der Waals surface area contributed by atoms with Crippen LogP contribution in [0.1, 0.15) is 2.85 Å². The van der Waals surface area contributed by atoms with Crippen LogP contribution in [-0.2, 0) is 13.7 Å². The van der Waals surface area contributed by atoms with Crippen molar-refractivity contribution in [1.29, 1.82) is 0 Å². The topological polar surface area (TPSA) is 176 Å². The van der Waals surface area contributed by atoms with Crippen molar-refractivity contribution in [1.82, 2.24) is 4.21 Å². The average Bonchev–Trinajstić information content (AvgIpc) is 1.44. The van der Waals surface area contributed by atoms with Gasteiger partial charge in [-0.3, -0.25) is 0 Å². The van der Waals surface area contributed by atoms with Gasteiger partial charge in [0.1, 0.15) is 0 Å². The Hall–Kier alpha value is 2.41. The zero-order chi connectivity index (χ0) is 11.1. The van der Waals surface area contributed by atoms with E-state index in [4.69, 9.17) is 29.4 Å². The summed E-state index contributed by atoms with van der Waals surface area (Å²) in [4.78, 5) is 49.2. The summed E-state index contributed by atoms with van der Waals surface area (Å²) in [6.07, 6.45) is 0. The quantitative estimate of drug-likeness (QED) is 0.217. The van der Waals surface area contributed by atoms with Crippen LogP contribution < -0.4 is 59.1 Å². The molecule has 0 aromatic carbocycles. The fraction of sp³-hybridized carbons (Fsp3) is 0. The standard InChI is InChI=1S/H6NO9P3.2Na.2H/c2-11(3,4)1(12(5,6)7)13(8,9)10;;;;/h(H2,2,3,4)(H2,5,6,7)(H2,8,9,10);;;;/q;2*+1;2*-1. The van der Waals surface area contributed by atoms with Crippen molar-refractivity contribution in [2.45, 2.75) is 0 Å². The van der Waals surface area contributed by atoms with Crippen molar-refractivity contribution < 1.29 is 105 Å². The summed E-state index contributed by atoms with van der Waals surface area (Å²) in [5.74, 6) is 0. The maximum Gasteiger partial charge on any atom is 1.00 e. The smallest absolute Gasteiger partial charge is 1.00 e. The Labute approximate surface area is 131 Å². The van der Waals surface area contributed by atoms with E-state index in [1.165, 1.54) is 0 Å². The first-order valence-corrected chi connectivity index (χ1v) is 7.04. The second-order valence-corrected chi connectivity index (χ2v) is 7.03. The van der Waals surface area contributed by atoms with E-state index in [0.717, 1.165) is 0 Å². The fourth-order valence-corrected chi connectivity index (χ4v) is 4.10. The largest absolute Gasteiger partial charge is 1.00 e. The molecule has 0 atom stereocenters. The molecule has 0 aromatic rings. The molecule has 0 bridgehead atoms. The van der Waals surface area contributed by atoms with Crippen LogP contribution in [0.25, 0.3) is 0 Å². The third-order valence-electron chi connectivity index (χ3n) is 0.699. The average molecular weight is 305 g/mol. The van der Waals surface area contributed by atoms with E-state index in [-0.39, 0.29) is 62.0 Å². The van der Waals surface area contributed by atoms with Gasteiger partial charge in [0.15, 0.2) is 0 Å². The van der Waals surface area contributed by atoms with Crippen LogP contribution in [-0.4, -0.2) is 33.6 Å². The van der Waals surface area contributed by atoms with Gasteiger partial charge in [0.25, 0.3) is 0 Å². The molecule has 0 rings (SSSR count). The molecule has 6 N–H and O–H groups in total. The van der Waals surface area contributed by atoms with Gasteiger partial charge in [-0.15, -0.1) is 0 Å². The van der Waals surface area contributed by atoms with Crippen LogP contribution >= 0.6 is 23.2 Å². The van der Waals surface area contributed by atoms with Crippen molar-refractivity contribution in [3.63, 3.8) is 0 Å². The van der Waals surface area contributed by atoms with Crippen molar-refractivity contribution in [3.8, 4) is 0 Å². The Morgan fingerprint density at radius 3 is 0.800 bits per heavy atom. The molecular weight excluding hydrogens is 297 g/mol. The Morgan fingerprint density at radius 2 is 0.800 bits per heavy atom. The van der Waals surface area contributed by atoms with E-state index in [1.807, 2.05) is 0 Å². The van der Waals surface area contributed by atoms with Gasteiger partial charge in [0.2, 0.25) is 0 Å². The van der Waals surface area contributed by atoms with Gasteiger partial charge in [-0.05, 0) is 4.21 Å². The SMILES string of the molecule is O=P(O)(O)N(P(=O)(O)O)P(=O)(O)O.[H-].[H-].[Na+].[Na+]. The van der Waals surface area contributed by atoms with E-state index in [0.29, 0.717) is 0 Å². The molecule has 0 aromatic heterocycles. The fourth-order valence-electron chi connectivity index (χ4n) is 0.455. The van der Waals surface area contributed by atoms with E-state index >= 15 is 0 Å². The van der Waals surface area contributed by atoms with Crippen LogP contribution in [0.4, 0.5) is 0 Å². The van der Waals surface area contributed by atoms with Crippen molar-refractivity contribution in [3.05, 3.63) is 0 Å². The van der Waals surface area contributed by atoms with Crippen LogP contribution in [0.3, 0.4) is 0 Å². The van der Waals surface area contributed by atoms with Gasteiger partial charge in [0.05, 0.1) is 0 Å². The van der Waals surface area contributed by atoms with E-state index in [9.17, 15) is 13.7 Å². The molecule has 0 aliphatic rings. The summed E-state index contributed by atoms with van der Waals surface area (Å²) in [5, 5.41) is 0. The Kier molecular flexibility index (Phi) is 10.7. The molecule has 0 heterocycles. The van der Waals surface area contributed by atoms with Gasteiger partial charge < -0.3 is 32.2 Å². The molecule has 0 spiro atoms. The molecule has 0 fully saturated rings. The summed E-state index contributed by atoms with van der Waals surface area (Å²) < 4.78 is 29.3. The van der Waals surface area contributed by atoms with Crippen molar-refractivity contribution >= 4 is 23.2 Å². The number of hydrogen-bond acceptors (Lipinski definition) is 3. The number of rotatable bonds is 3. The maximum absolute atomic E-state index is 10.3. The summed E-state index contributed by atoms with van der Waals surface area (Å²) >= 11 is 0. The van der Waals surface area contributed by atoms with Crippen LogP contribution in [0, 0.1) is 0 Å². The monoisotopic (exact) mass is 305 g/mol. The molecule has 0 aliphatic heterocycles. The van der Waals surface area contributed by atoms with E-state index in [2.05, 4.69) is 0 Å². The molecule has 0 amide bonds. The second kappa shape index (κ2) is 7.11. The predicted octanol–water partition coefficient (Wildman–Crippen LogP) is -7.20. The van der Waals surface area contributed by atoms with Gasteiger partial charge in [-0.2, -0.15) is 0 Å². The van der Waals surface area contributed by atoms with Gasteiger partial charge in [-0.1, -0.05) is 0 Å². The van der Waals surface area contributed by atoms with Crippen LogP contribution in [0.2, 0.25) is 0 Å². The third kappa shape index (κ3) is 8.18. The summed E-state index contributed by atoms with van der Waals surface area (Å²) in [7, 11) is -17.1. The van der Waals surface area contributed by atoms with Crippen LogP contribution in [0.5, 0.6) is 0 Å². The molecule has 0 aliphatic carbocycles. The molecule has 0 unspecified atom stereocenters. The normalized spacial score (nSPS) is 13.0. The van der Waals surface area contributed by atoms with Gasteiger partial charge in [-0.25, -0.2) is 13.7 Å². The molecule has 0 saturated heterocycles. The third-order valence-corrected chi connectivity index (χ3v) is 6.29. The zero-order valence-electron chi connectivity index (χ0n) is 9.70. The van der Waals surface area contributed by atoms with Gasteiger partial charge >= 0.3 is 82.4 Å². The first-order valence-electron chi connectivity index (χ1n) is 2.35. The Morgan fingerprint density at radius 1 is 0.667 bits per heavy atom. The van der Waals surface area contributed by atoms with Crippen molar-refractivity contribution in [2.24, 2.45) is 0 Å². The first kappa shape index (κ1) is 22.6. The molecule has 10 nitrogen and oxygen atoms in total. The summed E-state index contributed by atoms with van der Waals surface area (Å²) in [6, 6.07) is 0. The minimum atomic E-state index is -5.71. The number of nitrogens with zero attached hydrogens (tertiary/aromatic N) is 1.